The maximum atomic E-state index is 14.4. The molecule has 0 N–H and O–H groups in total. The lowest BCUT2D eigenvalue weighted by molar-refractivity contribution is -0.112. The summed E-state index contributed by atoms with van der Waals surface area (Å²) in [6.07, 6.45) is 3.97. The summed E-state index contributed by atoms with van der Waals surface area (Å²) in [4.78, 5) is 15.4. The van der Waals surface area contributed by atoms with Crippen LogP contribution in [0.4, 0.5) is 15.8 Å². The largest absolute Gasteiger partial charge is 0.342 e. The lowest BCUT2D eigenvalue weighted by Crippen LogP contribution is -2.20. The predicted octanol–water partition coefficient (Wildman–Crippen LogP) is 7.05. The number of halogens is 1. The van der Waals surface area contributed by atoms with Crippen LogP contribution in [0.25, 0.3) is 22.6 Å². The Labute approximate surface area is 197 Å². The molecule has 34 heavy (non-hydrogen) atoms. The Bertz CT molecular complexity index is 1570. The quantitative estimate of drug-likeness (QED) is 0.273. The number of rotatable bonds is 4. The molecule has 164 valence electrons. The summed E-state index contributed by atoms with van der Waals surface area (Å²) in [5.41, 5.74) is 5.82. The normalized spacial score (nSPS) is 14.2. The number of anilines is 2. The number of hydrogen-bond acceptors (Lipinski definition) is 1. The molecule has 1 amide bonds. The molecule has 0 fully saturated rings. The Kier molecular flexibility index (Phi) is 4.84. The topological polar surface area (TPSA) is 25.2 Å². The van der Waals surface area contributed by atoms with E-state index in [0.29, 0.717) is 17.7 Å². The zero-order valence-electron chi connectivity index (χ0n) is 18.4. The molecule has 5 aromatic rings. The molecule has 0 atom stereocenters. The van der Waals surface area contributed by atoms with E-state index in [4.69, 9.17) is 0 Å². The van der Waals surface area contributed by atoms with Gasteiger partial charge in [0.2, 0.25) is 0 Å². The van der Waals surface area contributed by atoms with Crippen LogP contribution in [0.1, 0.15) is 16.7 Å². The first-order valence-corrected chi connectivity index (χ1v) is 11.2. The molecule has 6 rings (SSSR count). The van der Waals surface area contributed by atoms with E-state index in [9.17, 15) is 9.18 Å². The minimum Gasteiger partial charge on any atom is -0.342 e. The van der Waals surface area contributed by atoms with Crippen LogP contribution in [0.5, 0.6) is 0 Å². The van der Waals surface area contributed by atoms with Gasteiger partial charge in [-0.2, -0.15) is 0 Å². The third-order valence-corrected chi connectivity index (χ3v) is 6.30. The Hall–Kier alpha value is -4.44. The molecule has 0 radical (unpaired) electrons. The average molecular weight is 445 g/mol. The fourth-order valence-electron chi connectivity index (χ4n) is 4.70. The number of benzene rings is 4. The van der Waals surface area contributed by atoms with Gasteiger partial charge in [0.25, 0.3) is 5.91 Å². The first-order chi connectivity index (χ1) is 16.7. The Morgan fingerprint density at radius 2 is 1.47 bits per heavy atom. The molecule has 2 heterocycles. The number of para-hydroxylation sites is 3. The molecule has 0 spiro atoms. The van der Waals surface area contributed by atoms with Gasteiger partial charge in [-0.25, -0.2) is 4.39 Å². The van der Waals surface area contributed by atoms with Crippen LogP contribution >= 0.6 is 0 Å². The molecular formula is C30H21FN2O. The summed E-state index contributed by atoms with van der Waals surface area (Å²) in [6, 6.07) is 32.4. The fourth-order valence-corrected chi connectivity index (χ4v) is 4.70. The number of carbonyl (C=O) groups is 1. The predicted molar refractivity (Wildman–Crippen MR) is 135 cm³/mol. The van der Waals surface area contributed by atoms with Gasteiger partial charge in [0, 0.05) is 39.5 Å². The lowest BCUT2D eigenvalue weighted by atomic mass is 10.0. The number of hydrogen-bond donors (Lipinski definition) is 0. The van der Waals surface area contributed by atoms with Gasteiger partial charge in [0.05, 0.1) is 17.8 Å². The van der Waals surface area contributed by atoms with Gasteiger partial charge in [0.15, 0.2) is 0 Å². The molecule has 1 aliphatic heterocycles. The molecule has 0 bridgehead atoms. The molecule has 1 aliphatic rings. The zero-order chi connectivity index (χ0) is 23.1. The average Bonchev–Trinajstić information content (AvgIpc) is 3.36. The molecule has 4 heteroatoms. The van der Waals surface area contributed by atoms with Crippen LogP contribution in [0.3, 0.4) is 0 Å². The van der Waals surface area contributed by atoms with E-state index in [-0.39, 0.29) is 11.7 Å². The maximum Gasteiger partial charge on any atom is 0.263 e. The lowest BCUT2D eigenvalue weighted by Gasteiger charge is -2.16. The van der Waals surface area contributed by atoms with E-state index in [1.165, 1.54) is 6.07 Å². The zero-order valence-corrected chi connectivity index (χ0v) is 18.4. The van der Waals surface area contributed by atoms with Crippen molar-refractivity contribution in [1.29, 1.82) is 0 Å². The van der Waals surface area contributed by atoms with Crippen LogP contribution in [0.2, 0.25) is 0 Å². The van der Waals surface area contributed by atoms with Gasteiger partial charge in [-0.3, -0.25) is 9.69 Å². The van der Waals surface area contributed by atoms with Gasteiger partial charge < -0.3 is 4.57 Å². The monoisotopic (exact) mass is 444 g/mol. The van der Waals surface area contributed by atoms with Crippen LogP contribution in [-0.4, -0.2) is 10.5 Å². The van der Waals surface area contributed by atoms with E-state index in [2.05, 4.69) is 0 Å². The van der Waals surface area contributed by atoms with E-state index in [1.807, 2.05) is 102 Å². The van der Waals surface area contributed by atoms with Crippen molar-refractivity contribution in [1.82, 2.24) is 4.57 Å². The van der Waals surface area contributed by atoms with E-state index < -0.39 is 0 Å². The second kappa shape index (κ2) is 8.16. The van der Waals surface area contributed by atoms with Crippen molar-refractivity contribution >= 4 is 39.8 Å². The Morgan fingerprint density at radius 3 is 2.32 bits per heavy atom. The van der Waals surface area contributed by atoms with Crippen molar-refractivity contribution < 1.29 is 9.18 Å². The number of aromatic nitrogens is 1. The van der Waals surface area contributed by atoms with Gasteiger partial charge in [0.1, 0.15) is 5.82 Å². The fraction of sp³-hybridized carbons (Fsp3) is 0.0333. The van der Waals surface area contributed by atoms with Crippen molar-refractivity contribution in [2.45, 2.75) is 6.54 Å². The molecule has 0 unspecified atom stereocenters. The Morgan fingerprint density at radius 1 is 0.765 bits per heavy atom. The van der Waals surface area contributed by atoms with Crippen molar-refractivity contribution in [2.24, 2.45) is 0 Å². The highest BCUT2D eigenvalue weighted by molar-refractivity contribution is 6.38. The first-order valence-electron chi connectivity index (χ1n) is 11.2. The summed E-state index contributed by atoms with van der Waals surface area (Å²) in [5, 5.41) is 1.02. The summed E-state index contributed by atoms with van der Waals surface area (Å²) in [7, 11) is 0. The third-order valence-electron chi connectivity index (χ3n) is 6.30. The van der Waals surface area contributed by atoms with E-state index in [1.54, 1.807) is 17.0 Å². The van der Waals surface area contributed by atoms with E-state index >= 15 is 0 Å². The Balaban J connectivity index is 1.48. The molecule has 0 aliphatic carbocycles. The molecule has 3 nitrogen and oxygen atoms in total. The van der Waals surface area contributed by atoms with E-state index in [0.717, 1.165) is 33.4 Å². The van der Waals surface area contributed by atoms with Gasteiger partial charge >= 0.3 is 0 Å². The second-order valence-corrected chi connectivity index (χ2v) is 8.37. The summed E-state index contributed by atoms with van der Waals surface area (Å²) < 4.78 is 16.4. The molecular weight excluding hydrogens is 423 g/mol. The van der Waals surface area contributed by atoms with Crippen molar-refractivity contribution in [3.05, 3.63) is 132 Å². The number of fused-ring (bicyclic) bond motifs is 2. The third kappa shape index (κ3) is 3.32. The van der Waals surface area contributed by atoms with Crippen LogP contribution < -0.4 is 4.90 Å². The standard InChI is InChI=1S/C30H21FN2O/c31-27-15-7-4-10-21(27)19-32-20-22(24-13-5-8-16-28(24)32)18-26-25-14-6-9-17-29(25)33(30(26)34)23-11-2-1-3-12-23/h1-18,20H,19H2/b26-18+. The molecule has 1 aromatic heterocycles. The highest BCUT2D eigenvalue weighted by atomic mass is 19.1. The summed E-state index contributed by atoms with van der Waals surface area (Å²) in [5.74, 6) is -0.281. The van der Waals surface area contributed by atoms with Gasteiger partial charge in [-0.05, 0) is 36.4 Å². The maximum absolute atomic E-state index is 14.4. The van der Waals surface area contributed by atoms with Gasteiger partial charge in [-0.1, -0.05) is 72.8 Å². The number of carbonyl (C=O) groups excluding carboxylic acids is 1. The summed E-state index contributed by atoms with van der Waals surface area (Å²) >= 11 is 0. The summed E-state index contributed by atoms with van der Waals surface area (Å²) in [6.45, 7) is 0.414. The molecule has 4 aromatic carbocycles. The molecule has 0 saturated heterocycles. The van der Waals surface area contributed by atoms with Crippen molar-refractivity contribution in [3.8, 4) is 0 Å². The highest BCUT2D eigenvalue weighted by Gasteiger charge is 2.33. The number of nitrogens with zero attached hydrogens (tertiary/aromatic N) is 2. The minimum absolute atomic E-state index is 0.0571. The minimum atomic E-state index is -0.224. The van der Waals surface area contributed by atoms with Crippen molar-refractivity contribution in [2.75, 3.05) is 4.90 Å². The van der Waals surface area contributed by atoms with Crippen LogP contribution in [0.15, 0.2) is 109 Å². The highest BCUT2D eigenvalue weighted by Crippen LogP contribution is 2.42. The van der Waals surface area contributed by atoms with Crippen LogP contribution in [0, 0.1) is 5.82 Å². The SMILES string of the molecule is O=C1/C(=C/c2cn(Cc3ccccc3F)c3ccccc23)c2ccccc2N1c1ccccc1. The van der Waals surface area contributed by atoms with Gasteiger partial charge in [-0.15, -0.1) is 0 Å². The van der Waals surface area contributed by atoms with Crippen LogP contribution in [-0.2, 0) is 11.3 Å². The smallest absolute Gasteiger partial charge is 0.263 e. The second-order valence-electron chi connectivity index (χ2n) is 8.37. The molecule has 0 saturated carbocycles. The van der Waals surface area contributed by atoms with Crippen molar-refractivity contribution in [3.63, 3.8) is 0 Å². The first kappa shape index (κ1) is 20.2. The number of amides is 1.